The van der Waals surface area contributed by atoms with E-state index in [1.165, 1.54) is 49.5 Å². The van der Waals surface area contributed by atoms with Gasteiger partial charge in [0.15, 0.2) is 22.9 Å². The van der Waals surface area contributed by atoms with Gasteiger partial charge in [-0.3, -0.25) is 4.79 Å². The first-order valence-electron chi connectivity index (χ1n) is 11.6. The number of aromatic nitrogens is 4. The number of benzene rings is 2. The molecule has 0 saturated carbocycles. The van der Waals surface area contributed by atoms with Crippen molar-refractivity contribution in [2.75, 3.05) is 11.9 Å². The van der Waals surface area contributed by atoms with Gasteiger partial charge in [0, 0.05) is 30.4 Å². The lowest BCUT2D eigenvalue weighted by molar-refractivity contribution is -0.286. The highest BCUT2D eigenvalue weighted by Gasteiger charge is 2.43. The first kappa shape index (κ1) is 28.5. The second-order valence-electron chi connectivity index (χ2n) is 8.58. The van der Waals surface area contributed by atoms with Crippen LogP contribution in [0.15, 0.2) is 54.6 Å². The van der Waals surface area contributed by atoms with E-state index in [1.807, 2.05) is 0 Å². The highest BCUT2D eigenvalue weighted by atomic mass is 35.5. The minimum absolute atomic E-state index is 0.000160. The molecule has 0 bridgehead atoms. The lowest BCUT2D eigenvalue weighted by atomic mass is 10.1. The number of hydrogen-bond acceptors (Lipinski definition) is 8. The third-order valence-corrected chi connectivity index (χ3v) is 6.21. The van der Waals surface area contributed by atoms with Crippen molar-refractivity contribution >= 4 is 29.2 Å². The number of hydrogen-bond donors (Lipinski definition) is 1. The Morgan fingerprint density at radius 3 is 2.48 bits per heavy atom. The summed E-state index contributed by atoms with van der Waals surface area (Å²) in [6, 6.07) is 11.3. The average Bonchev–Trinajstić information content (AvgIpc) is 3.45. The Balaban J connectivity index is 1.44. The van der Waals surface area contributed by atoms with Crippen LogP contribution in [0.2, 0.25) is 5.02 Å². The average molecular weight is 612 g/mol. The molecule has 11 nitrogen and oxygen atoms in total. The molecule has 2 aromatic heterocycles. The summed E-state index contributed by atoms with van der Waals surface area (Å²) in [4.78, 5) is 25.3. The number of nitrogens with zero attached hydrogens (tertiary/aromatic N) is 5. The SMILES string of the molecule is CN(C(=O)c1cccc(-n2nc(C(F)(F)F)c(Cl)c2COc2ccc(C(=O)O)nn2)c1)c1ccc2c(c1)OC(F)(F)O2. The number of carboxylic acid groups (broad SMARTS) is 1. The molecule has 0 spiro atoms. The second kappa shape index (κ2) is 10.4. The van der Waals surface area contributed by atoms with Gasteiger partial charge in [-0.25, -0.2) is 9.48 Å². The Bertz CT molecular complexity index is 1700. The van der Waals surface area contributed by atoms with Gasteiger partial charge in [0.25, 0.3) is 5.91 Å². The van der Waals surface area contributed by atoms with Crippen LogP contribution in [0.1, 0.15) is 32.2 Å². The van der Waals surface area contributed by atoms with E-state index in [0.717, 1.165) is 21.7 Å². The third-order valence-electron chi connectivity index (χ3n) is 5.82. The van der Waals surface area contributed by atoms with Crippen molar-refractivity contribution < 1.29 is 50.9 Å². The van der Waals surface area contributed by atoms with Crippen LogP contribution >= 0.6 is 11.6 Å². The molecule has 4 aromatic rings. The van der Waals surface area contributed by atoms with Gasteiger partial charge < -0.3 is 24.2 Å². The Hall–Kier alpha value is -4.99. The lowest BCUT2D eigenvalue weighted by Crippen LogP contribution is -2.26. The van der Waals surface area contributed by atoms with Crippen LogP contribution in [0.5, 0.6) is 17.4 Å². The molecular formula is C25H15ClF5N5O6. The van der Waals surface area contributed by atoms with Crippen molar-refractivity contribution in [3.8, 4) is 23.1 Å². The molecule has 1 amide bonds. The molecule has 0 saturated heterocycles. The fraction of sp³-hybridized carbons (Fsp3) is 0.160. The summed E-state index contributed by atoms with van der Waals surface area (Å²) in [7, 11) is 1.35. The smallest absolute Gasteiger partial charge is 0.476 e. The summed E-state index contributed by atoms with van der Waals surface area (Å²) < 4.78 is 82.8. The van der Waals surface area contributed by atoms with Crippen LogP contribution in [0.3, 0.4) is 0 Å². The van der Waals surface area contributed by atoms with E-state index < -0.39 is 41.7 Å². The van der Waals surface area contributed by atoms with Gasteiger partial charge in [0.2, 0.25) is 5.88 Å². The minimum atomic E-state index is -4.94. The van der Waals surface area contributed by atoms with Gasteiger partial charge in [0.05, 0.1) is 10.7 Å². The summed E-state index contributed by atoms with van der Waals surface area (Å²) in [5.74, 6) is -2.71. The topological polar surface area (TPSA) is 129 Å². The van der Waals surface area contributed by atoms with Gasteiger partial charge in [-0.05, 0) is 36.4 Å². The fourth-order valence-corrected chi connectivity index (χ4v) is 4.11. The van der Waals surface area contributed by atoms with Gasteiger partial charge in [-0.2, -0.15) is 18.3 Å². The molecule has 0 aliphatic carbocycles. The first-order valence-corrected chi connectivity index (χ1v) is 11.9. The Morgan fingerprint density at radius 2 is 1.81 bits per heavy atom. The highest BCUT2D eigenvalue weighted by Crippen LogP contribution is 2.43. The predicted molar refractivity (Wildman–Crippen MR) is 132 cm³/mol. The van der Waals surface area contributed by atoms with E-state index in [2.05, 4.69) is 24.8 Å². The van der Waals surface area contributed by atoms with Crippen molar-refractivity contribution in [3.63, 3.8) is 0 Å². The number of carbonyl (C=O) groups is 2. The Kier molecular flexibility index (Phi) is 7.10. The monoisotopic (exact) mass is 611 g/mol. The summed E-state index contributed by atoms with van der Waals surface area (Å²) in [5.41, 5.74) is -1.89. The zero-order chi connectivity index (χ0) is 30.4. The Labute approximate surface area is 236 Å². The van der Waals surface area contributed by atoms with Crippen molar-refractivity contribution in [2.45, 2.75) is 19.1 Å². The van der Waals surface area contributed by atoms with Gasteiger partial charge in [-0.15, -0.1) is 19.0 Å². The van der Waals surface area contributed by atoms with E-state index in [-0.39, 0.29) is 45.7 Å². The lowest BCUT2D eigenvalue weighted by Gasteiger charge is -2.18. The van der Waals surface area contributed by atoms with Crippen LogP contribution in [0.25, 0.3) is 5.69 Å². The maximum absolute atomic E-state index is 13.7. The highest BCUT2D eigenvalue weighted by molar-refractivity contribution is 6.32. The summed E-state index contributed by atoms with van der Waals surface area (Å²) >= 11 is 6.05. The zero-order valence-corrected chi connectivity index (χ0v) is 21.7. The summed E-state index contributed by atoms with van der Waals surface area (Å²) in [6.07, 6.45) is -8.79. The van der Waals surface area contributed by atoms with Crippen LogP contribution < -0.4 is 19.1 Å². The van der Waals surface area contributed by atoms with Crippen molar-refractivity contribution in [3.05, 3.63) is 82.3 Å². The molecule has 3 heterocycles. The fourth-order valence-electron chi connectivity index (χ4n) is 3.83. The van der Waals surface area contributed by atoms with Gasteiger partial charge in [-0.1, -0.05) is 17.7 Å². The number of rotatable bonds is 7. The Morgan fingerprint density at radius 1 is 1.07 bits per heavy atom. The molecule has 5 rings (SSSR count). The van der Waals surface area contributed by atoms with E-state index in [1.54, 1.807) is 0 Å². The van der Waals surface area contributed by atoms with Crippen LogP contribution in [-0.4, -0.2) is 50.3 Å². The predicted octanol–water partition coefficient (Wildman–Crippen LogP) is 5.21. The molecule has 0 atom stereocenters. The van der Waals surface area contributed by atoms with Crippen molar-refractivity contribution in [2.24, 2.45) is 0 Å². The number of alkyl halides is 5. The number of aromatic carboxylic acids is 1. The zero-order valence-electron chi connectivity index (χ0n) is 20.9. The normalized spacial score (nSPS) is 13.6. The van der Waals surface area contributed by atoms with Crippen LogP contribution in [0, 0.1) is 0 Å². The molecule has 0 radical (unpaired) electrons. The number of fused-ring (bicyclic) bond motifs is 1. The van der Waals surface area contributed by atoms with Crippen molar-refractivity contribution in [1.29, 1.82) is 0 Å². The van der Waals surface area contributed by atoms with Crippen LogP contribution in [0.4, 0.5) is 27.6 Å². The van der Waals surface area contributed by atoms with Crippen LogP contribution in [-0.2, 0) is 12.8 Å². The molecule has 1 N–H and O–H groups in total. The first-order chi connectivity index (χ1) is 19.7. The number of amides is 1. The van der Waals surface area contributed by atoms with E-state index in [0.29, 0.717) is 0 Å². The quantitative estimate of drug-likeness (QED) is 0.280. The standard InChI is InChI=1S/C25H15ClF5N5O6/c1-35(13-5-7-17-18(10-13)42-25(30,31)41-17)22(37)12-3-2-4-14(9-12)36-16(20(26)21(34-36)24(27,28)29)11-40-19-8-6-15(23(38)39)32-33-19/h2-10H,11H2,1H3,(H,38,39). The summed E-state index contributed by atoms with van der Waals surface area (Å²) in [6.45, 7) is -0.594. The minimum Gasteiger partial charge on any atom is -0.476 e. The number of ether oxygens (including phenoxy) is 3. The number of halogens is 6. The van der Waals surface area contributed by atoms with Gasteiger partial charge >= 0.3 is 18.4 Å². The van der Waals surface area contributed by atoms with E-state index in [4.69, 9.17) is 21.4 Å². The second-order valence-corrected chi connectivity index (χ2v) is 8.96. The molecule has 1 aliphatic rings. The maximum atomic E-state index is 13.7. The maximum Gasteiger partial charge on any atom is 0.586 e. The third kappa shape index (κ3) is 5.60. The largest absolute Gasteiger partial charge is 0.586 e. The molecule has 42 heavy (non-hydrogen) atoms. The molecule has 0 fully saturated rings. The number of carboxylic acids is 1. The molecular weight excluding hydrogens is 597 g/mol. The summed E-state index contributed by atoms with van der Waals surface area (Å²) in [5, 5.41) is 18.8. The number of carbonyl (C=O) groups excluding carboxylic acids is 1. The molecule has 218 valence electrons. The van der Waals surface area contributed by atoms with Gasteiger partial charge in [0.1, 0.15) is 12.3 Å². The van der Waals surface area contributed by atoms with E-state index in [9.17, 15) is 31.5 Å². The molecule has 0 unspecified atom stereocenters. The molecule has 1 aliphatic heterocycles. The molecule has 17 heteroatoms. The van der Waals surface area contributed by atoms with E-state index >= 15 is 0 Å². The molecule has 2 aromatic carbocycles. The van der Waals surface area contributed by atoms with Crippen molar-refractivity contribution in [1.82, 2.24) is 20.0 Å². The number of anilines is 1.